The van der Waals surface area contributed by atoms with Crippen molar-refractivity contribution in [1.29, 1.82) is 0 Å². The van der Waals surface area contributed by atoms with E-state index in [1.54, 1.807) is 12.1 Å². The minimum atomic E-state index is -0.611. The number of ketones is 1. The van der Waals surface area contributed by atoms with E-state index >= 15 is 0 Å². The molecule has 1 saturated heterocycles. The van der Waals surface area contributed by atoms with E-state index in [2.05, 4.69) is 13.5 Å². The maximum absolute atomic E-state index is 13.1. The molecule has 25 heavy (non-hydrogen) atoms. The Bertz CT molecular complexity index is 782. The maximum atomic E-state index is 13.1. The van der Waals surface area contributed by atoms with E-state index < -0.39 is 11.0 Å². The lowest BCUT2D eigenvalue weighted by atomic mass is 9.67. The molecule has 1 heterocycles. The first-order valence-corrected chi connectivity index (χ1v) is 8.49. The fourth-order valence-corrected chi connectivity index (χ4v) is 5.09. The molecule has 0 aromatic heterocycles. The van der Waals surface area contributed by atoms with Gasteiger partial charge in [0.2, 0.25) is 0 Å². The fourth-order valence-electron chi connectivity index (χ4n) is 5.09. The van der Waals surface area contributed by atoms with E-state index in [9.17, 15) is 9.90 Å². The highest BCUT2D eigenvalue weighted by molar-refractivity contribution is 5.98. The molecular weight excluding hydrogens is 320 g/mol. The highest BCUT2D eigenvalue weighted by Gasteiger charge is 2.68. The van der Waals surface area contributed by atoms with Gasteiger partial charge in [-0.05, 0) is 30.5 Å². The average molecular weight is 342 g/mol. The summed E-state index contributed by atoms with van der Waals surface area (Å²) in [4.78, 5) is 13.1. The van der Waals surface area contributed by atoms with Gasteiger partial charge in [-0.3, -0.25) is 4.79 Å². The summed E-state index contributed by atoms with van der Waals surface area (Å²) in [7, 11) is 1.52. The van der Waals surface area contributed by atoms with Crippen molar-refractivity contribution >= 4 is 5.78 Å². The van der Waals surface area contributed by atoms with Crippen LogP contribution < -0.4 is 4.74 Å². The number of methoxy groups -OCH3 is 1. The number of benzene rings is 1. The van der Waals surface area contributed by atoms with Crippen molar-refractivity contribution in [3.63, 3.8) is 0 Å². The Kier molecular flexibility index (Phi) is 3.48. The lowest BCUT2D eigenvalue weighted by Crippen LogP contribution is -2.39. The molecule has 1 aromatic rings. The molecule has 0 radical (unpaired) electrons. The van der Waals surface area contributed by atoms with Gasteiger partial charge in [0.15, 0.2) is 24.1 Å². The first-order valence-electron chi connectivity index (χ1n) is 8.49. The van der Waals surface area contributed by atoms with Crippen molar-refractivity contribution in [1.82, 2.24) is 0 Å². The molecule has 2 fully saturated rings. The number of carbonyl (C=O) groups excluding carboxylic acids is 1. The van der Waals surface area contributed by atoms with Crippen LogP contribution in [0.3, 0.4) is 0 Å². The predicted octanol–water partition coefficient (Wildman–Crippen LogP) is 3.30. The number of rotatable bonds is 4. The van der Waals surface area contributed by atoms with E-state index in [1.807, 2.05) is 18.2 Å². The summed E-state index contributed by atoms with van der Waals surface area (Å²) < 4.78 is 16.9. The van der Waals surface area contributed by atoms with Crippen LogP contribution in [0.2, 0.25) is 0 Å². The van der Waals surface area contributed by atoms with Crippen molar-refractivity contribution < 1.29 is 24.1 Å². The van der Waals surface area contributed by atoms with Gasteiger partial charge >= 0.3 is 0 Å². The molecule has 2 bridgehead atoms. The number of phenolic OH excluding ortho intramolecular Hbond substituents is 1. The normalized spacial score (nSPS) is 35.8. The molecule has 132 valence electrons. The van der Waals surface area contributed by atoms with Crippen molar-refractivity contribution in [3.05, 3.63) is 48.3 Å². The summed E-state index contributed by atoms with van der Waals surface area (Å²) in [5.41, 5.74) is -0.216. The van der Waals surface area contributed by atoms with Gasteiger partial charge in [-0.25, -0.2) is 0 Å². The van der Waals surface area contributed by atoms with Crippen molar-refractivity contribution in [2.75, 3.05) is 13.9 Å². The molecule has 1 aliphatic heterocycles. The summed E-state index contributed by atoms with van der Waals surface area (Å²) in [6.07, 6.45) is 4.59. The molecule has 3 aliphatic rings. The molecule has 2 aliphatic carbocycles. The molecule has 1 saturated carbocycles. The number of hydrogen-bond donors (Lipinski definition) is 1. The van der Waals surface area contributed by atoms with Crippen LogP contribution in [0, 0.1) is 11.3 Å². The zero-order chi connectivity index (χ0) is 17.8. The number of phenols is 1. The molecule has 0 amide bonds. The number of allylic oxidation sites excluding steroid dienone is 2. The Morgan fingerprint density at radius 1 is 1.48 bits per heavy atom. The minimum Gasteiger partial charge on any atom is -0.504 e. The van der Waals surface area contributed by atoms with Gasteiger partial charge in [-0.2, -0.15) is 0 Å². The number of aromatic hydroxyl groups is 1. The topological polar surface area (TPSA) is 65.0 Å². The SMILES string of the molecule is C=CC[C@]12C[C@@]3(OCOC3=CC1=O)[C@@H](C)[C@@H]2c1ccc(O)c(OC)c1. The third-order valence-electron chi connectivity index (χ3n) is 6.18. The fraction of sp³-hybridized carbons (Fsp3) is 0.450. The van der Waals surface area contributed by atoms with E-state index in [4.69, 9.17) is 14.2 Å². The Balaban J connectivity index is 1.90. The summed E-state index contributed by atoms with van der Waals surface area (Å²) in [5, 5.41) is 9.94. The van der Waals surface area contributed by atoms with Gasteiger partial charge in [0, 0.05) is 23.3 Å². The Morgan fingerprint density at radius 3 is 3.00 bits per heavy atom. The van der Waals surface area contributed by atoms with Crippen LogP contribution in [0.5, 0.6) is 11.5 Å². The quantitative estimate of drug-likeness (QED) is 0.851. The highest BCUT2D eigenvalue weighted by Crippen LogP contribution is 2.66. The van der Waals surface area contributed by atoms with Gasteiger partial charge in [0.1, 0.15) is 11.4 Å². The van der Waals surface area contributed by atoms with Crippen molar-refractivity contribution in [3.8, 4) is 11.5 Å². The maximum Gasteiger partial charge on any atom is 0.189 e. The Hall–Kier alpha value is -2.27. The Morgan fingerprint density at radius 2 is 2.28 bits per heavy atom. The summed E-state index contributed by atoms with van der Waals surface area (Å²) >= 11 is 0. The Labute approximate surface area is 146 Å². The predicted molar refractivity (Wildman–Crippen MR) is 91.3 cm³/mol. The van der Waals surface area contributed by atoms with E-state index in [0.717, 1.165) is 5.56 Å². The second-order valence-electron chi connectivity index (χ2n) is 7.19. The van der Waals surface area contributed by atoms with Gasteiger partial charge in [-0.1, -0.05) is 19.1 Å². The number of carbonyl (C=O) groups is 1. The van der Waals surface area contributed by atoms with Crippen LogP contribution in [-0.4, -0.2) is 30.4 Å². The van der Waals surface area contributed by atoms with E-state index in [0.29, 0.717) is 24.4 Å². The van der Waals surface area contributed by atoms with Gasteiger partial charge in [0.05, 0.1) is 7.11 Å². The third-order valence-corrected chi connectivity index (χ3v) is 6.18. The second kappa shape index (κ2) is 5.36. The lowest BCUT2D eigenvalue weighted by molar-refractivity contribution is -0.126. The molecule has 0 unspecified atom stereocenters. The first kappa shape index (κ1) is 16.2. The van der Waals surface area contributed by atoms with Gasteiger partial charge in [0.25, 0.3) is 0 Å². The van der Waals surface area contributed by atoms with Crippen LogP contribution in [0.15, 0.2) is 42.7 Å². The van der Waals surface area contributed by atoms with Crippen molar-refractivity contribution in [2.24, 2.45) is 11.3 Å². The molecule has 4 rings (SSSR count). The number of hydrogen-bond acceptors (Lipinski definition) is 5. The summed E-state index contributed by atoms with van der Waals surface area (Å²) in [6, 6.07) is 5.30. The van der Waals surface area contributed by atoms with Crippen LogP contribution >= 0.6 is 0 Å². The smallest absolute Gasteiger partial charge is 0.189 e. The van der Waals surface area contributed by atoms with Gasteiger partial charge < -0.3 is 19.3 Å². The van der Waals surface area contributed by atoms with Crippen molar-refractivity contribution in [2.45, 2.75) is 31.3 Å². The first-order chi connectivity index (χ1) is 12.0. The third kappa shape index (κ3) is 1.96. The molecule has 1 spiro atoms. The molecule has 1 N–H and O–H groups in total. The van der Waals surface area contributed by atoms with Gasteiger partial charge in [-0.15, -0.1) is 6.58 Å². The van der Waals surface area contributed by atoms with E-state index in [-0.39, 0.29) is 30.2 Å². The van der Waals surface area contributed by atoms with Crippen LogP contribution in [0.1, 0.15) is 31.2 Å². The average Bonchev–Trinajstić information content (AvgIpc) is 3.09. The van der Waals surface area contributed by atoms with Crippen LogP contribution in [0.25, 0.3) is 0 Å². The molecule has 1 aromatic carbocycles. The molecule has 5 nitrogen and oxygen atoms in total. The zero-order valence-corrected chi connectivity index (χ0v) is 14.5. The van der Waals surface area contributed by atoms with Crippen LogP contribution in [0.4, 0.5) is 0 Å². The minimum absolute atomic E-state index is 0.0434. The van der Waals surface area contributed by atoms with Crippen LogP contribution in [-0.2, 0) is 14.3 Å². The zero-order valence-electron chi connectivity index (χ0n) is 14.5. The van der Waals surface area contributed by atoms with E-state index in [1.165, 1.54) is 7.11 Å². The number of fused-ring (bicyclic) bond motifs is 1. The number of ether oxygens (including phenoxy) is 3. The summed E-state index contributed by atoms with van der Waals surface area (Å²) in [5.74, 6) is 1.16. The lowest BCUT2D eigenvalue weighted by Gasteiger charge is -2.35. The highest BCUT2D eigenvalue weighted by atomic mass is 16.7. The molecule has 5 heteroatoms. The largest absolute Gasteiger partial charge is 0.504 e. The molecular formula is C20H22O5. The second-order valence-corrected chi connectivity index (χ2v) is 7.19. The monoisotopic (exact) mass is 342 g/mol. The standard InChI is InChI=1S/C20H22O5/c1-4-7-19-10-20(17(9-16(19)22)24-11-25-20)12(2)18(19)13-5-6-14(21)15(8-13)23-3/h4-6,8-9,12,18,21H,1,7,10-11H2,2-3H3/t12-,18+,19-,20+/m0/s1. The summed E-state index contributed by atoms with van der Waals surface area (Å²) in [6.45, 7) is 6.16. The molecule has 4 atom stereocenters.